The number of hydrogen-bond donors (Lipinski definition) is 0. The van der Waals surface area contributed by atoms with E-state index in [0.717, 1.165) is 6.42 Å². The third-order valence-corrected chi connectivity index (χ3v) is 3.54. The Hall–Kier alpha value is -0.790. The lowest BCUT2D eigenvalue weighted by atomic mass is 10.1. The molecule has 0 aromatic heterocycles. The third kappa shape index (κ3) is 9.75. The zero-order valence-electron chi connectivity index (χ0n) is 13.3. The van der Waals surface area contributed by atoms with Crippen molar-refractivity contribution < 1.29 is 4.79 Å². The topological polar surface area (TPSA) is 20.3 Å². The van der Waals surface area contributed by atoms with Gasteiger partial charge in [-0.15, -0.1) is 0 Å². The molecule has 0 atom stereocenters. The van der Waals surface area contributed by atoms with Gasteiger partial charge < -0.3 is 4.90 Å². The van der Waals surface area contributed by atoms with E-state index >= 15 is 0 Å². The Balaban J connectivity index is 3.43. The SMILES string of the molecule is C=CN(C(=O)CCCCCCCCCCC)C(C)C. The molecule has 2 heteroatoms. The van der Waals surface area contributed by atoms with Crippen LogP contribution in [0.5, 0.6) is 0 Å². The van der Waals surface area contributed by atoms with E-state index in [0.29, 0.717) is 6.42 Å². The minimum absolute atomic E-state index is 0.216. The maximum atomic E-state index is 11.9. The van der Waals surface area contributed by atoms with Gasteiger partial charge in [0, 0.05) is 12.5 Å². The van der Waals surface area contributed by atoms with E-state index in [1.807, 2.05) is 13.8 Å². The maximum Gasteiger partial charge on any atom is 0.226 e. The second-order valence-electron chi connectivity index (χ2n) is 5.66. The minimum Gasteiger partial charge on any atom is -0.317 e. The van der Waals surface area contributed by atoms with Crippen LogP contribution < -0.4 is 0 Å². The Labute approximate surface area is 120 Å². The average molecular weight is 267 g/mol. The highest BCUT2D eigenvalue weighted by Gasteiger charge is 2.12. The Morgan fingerprint density at radius 1 is 1.00 bits per heavy atom. The molecule has 0 aromatic rings. The Morgan fingerprint density at radius 2 is 1.47 bits per heavy atom. The van der Waals surface area contributed by atoms with Crippen LogP contribution in [-0.4, -0.2) is 16.8 Å². The van der Waals surface area contributed by atoms with Gasteiger partial charge in [-0.05, 0) is 26.5 Å². The second-order valence-corrected chi connectivity index (χ2v) is 5.66. The molecule has 0 saturated heterocycles. The first-order chi connectivity index (χ1) is 9.13. The van der Waals surface area contributed by atoms with Crippen LogP contribution >= 0.6 is 0 Å². The number of rotatable bonds is 12. The monoisotopic (exact) mass is 267 g/mol. The molecular formula is C17H33NO. The zero-order chi connectivity index (χ0) is 14.5. The Morgan fingerprint density at radius 3 is 1.89 bits per heavy atom. The van der Waals surface area contributed by atoms with Crippen LogP contribution in [0.2, 0.25) is 0 Å². The normalized spacial score (nSPS) is 10.7. The van der Waals surface area contributed by atoms with Crippen molar-refractivity contribution in [1.29, 1.82) is 0 Å². The van der Waals surface area contributed by atoms with Crippen molar-refractivity contribution in [2.75, 3.05) is 0 Å². The maximum absolute atomic E-state index is 11.9. The van der Waals surface area contributed by atoms with Gasteiger partial charge in [0.2, 0.25) is 5.91 Å². The van der Waals surface area contributed by atoms with E-state index in [2.05, 4.69) is 13.5 Å². The van der Waals surface area contributed by atoms with Crippen molar-refractivity contribution in [3.05, 3.63) is 12.8 Å². The van der Waals surface area contributed by atoms with Gasteiger partial charge in [0.05, 0.1) is 0 Å². The highest BCUT2D eigenvalue weighted by atomic mass is 16.2. The lowest BCUT2D eigenvalue weighted by Gasteiger charge is -2.22. The van der Waals surface area contributed by atoms with Crippen LogP contribution in [0.3, 0.4) is 0 Å². The molecule has 19 heavy (non-hydrogen) atoms. The first-order valence-electron chi connectivity index (χ1n) is 8.07. The van der Waals surface area contributed by atoms with Crippen molar-refractivity contribution in [1.82, 2.24) is 4.90 Å². The molecule has 0 aromatic carbocycles. The third-order valence-electron chi connectivity index (χ3n) is 3.54. The molecule has 1 amide bonds. The molecule has 0 radical (unpaired) electrons. The summed E-state index contributed by atoms with van der Waals surface area (Å²) in [6, 6.07) is 0.226. The van der Waals surface area contributed by atoms with Crippen molar-refractivity contribution in [2.24, 2.45) is 0 Å². The molecule has 2 nitrogen and oxygen atoms in total. The van der Waals surface area contributed by atoms with Gasteiger partial charge in [0.15, 0.2) is 0 Å². The molecule has 0 spiro atoms. The standard InChI is InChI=1S/C17H33NO/c1-5-7-8-9-10-11-12-13-14-15-17(19)18(6-2)16(3)4/h6,16H,2,5,7-15H2,1,3-4H3. The van der Waals surface area contributed by atoms with Crippen LogP contribution in [0.1, 0.15) is 85.0 Å². The molecule has 0 rings (SSSR count). The van der Waals surface area contributed by atoms with Crippen LogP contribution in [0.15, 0.2) is 12.8 Å². The average Bonchev–Trinajstić information content (AvgIpc) is 2.37. The molecule has 112 valence electrons. The van der Waals surface area contributed by atoms with E-state index in [1.54, 1.807) is 11.1 Å². The highest BCUT2D eigenvalue weighted by Crippen LogP contribution is 2.12. The summed E-state index contributed by atoms with van der Waals surface area (Å²) in [5.41, 5.74) is 0. The van der Waals surface area contributed by atoms with Gasteiger partial charge in [-0.2, -0.15) is 0 Å². The number of hydrogen-bond acceptors (Lipinski definition) is 1. The van der Waals surface area contributed by atoms with Crippen molar-refractivity contribution >= 4 is 5.91 Å². The first kappa shape index (κ1) is 18.2. The fourth-order valence-corrected chi connectivity index (χ4v) is 2.32. The molecule has 0 heterocycles. The predicted molar refractivity (Wildman–Crippen MR) is 84.0 cm³/mol. The van der Waals surface area contributed by atoms with Gasteiger partial charge in [-0.25, -0.2) is 0 Å². The van der Waals surface area contributed by atoms with Crippen LogP contribution in [-0.2, 0) is 4.79 Å². The molecule has 0 N–H and O–H groups in total. The minimum atomic E-state index is 0.216. The number of nitrogens with zero attached hydrogens (tertiary/aromatic N) is 1. The summed E-state index contributed by atoms with van der Waals surface area (Å²) >= 11 is 0. The van der Waals surface area contributed by atoms with Gasteiger partial charge in [-0.1, -0.05) is 64.9 Å². The zero-order valence-corrected chi connectivity index (χ0v) is 13.3. The molecule has 0 aliphatic rings. The number of carbonyl (C=O) groups is 1. The van der Waals surface area contributed by atoms with E-state index in [-0.39, 0.29) is 11.9 Å². The molecule has 0 bridgehead atoms. The van der Waals surface area contributed by atoms with E-state index in [9.17, 15) is 4.79 Å². The van der Waals surface area contributed by atoms with Crippen LogP contribution in [0, 0.1) is 0 Å². The lowest BCUT2D eigenvalue weighted by molar-refractivity contribution is -0.130. The quantitative estimate of drug-likeness (QED) is 0.440. The Bertz CT molecular complexity index is 235. The van der Waals surface area contributed by atoms with E-state index in [1.165, 1.54) is 51.4 Å². The van der Waals surface area contributed by atoms with E-state index in [4.69, 9.17) is 0 Å². The molecule has 0 saturated carbocycles. The number of unbranched alkanes of at least 4 members (excludes halogenated alkanes) is 8. The number of amides is 1. The molecule has 0 unspecified atom stereocenters. The Kier molecular flexibility index (Phi) is 11.7. The summed E-state index contributed by atoms with van der Waals surface area (Å²) in [7, 11) is 0. The fourth-order valence-electron chi connectivity index (χ4n) is 2.32. The second kappa shape index (κ2) is 12.3. The van der Waals surface area contributed by atoms with Crippen molar-refractivity contribution in [3.63, 3.8) is 0 Å². The largest absolute Gasteiger partial charge is 0.317 e. The van der Waals surface area contributed by atoms with E-state index < -0.39 is 0 Å². The van der Waals surface area contributed by atoms with Crippen LogP contribution in [0.4, 0.5) is 0 Å². The van der Waals surface area contributed by atoms with Gasteiger partial charge >= 0.3 is 0 Å². The fraction of sp³-hybridized carbons (Fsp3) is 0.824. The van der Waals surface area contributed by atoms with Gasteiger partial charge in [-0.3, -0.25) is 4.79 Å². The summed E-state index contributed by atoms with van der Waals surface area (Å²) < 4.78 is 0. The van der Waals surface area contributed by atoms with Crippen molar-refractivity contribution in [2.45, 2.75) is 91.0 Å². The summed E-state index contributed by atoms with van der Waals surface area (Å²) in [5, 5.41) is 0. The summed E-state index contributed by atoms with van der Waals surface area (Å²) in [6.07, 6.45) is 13.9. The van der Waals surface area contributed by atoms with Gasteiger partial charge in [0.1, 0.15) is 0 Å². The molecule has 0 aliphatic carbocycles. The smallest absolute Gasteiger partial charge is 0.226 e. The highest BCUT2D eigenvalue weighted by molar-refractivity contribution is 5.77. The van der Waals surface area contributed by atoms with Crippen molar-refractivity contribution in [3.8, 4) is 0 Å². The summed E-state index contributed by atoms with van der Waals surface area (Å²) in [6.45, 7) is 10.00. The van der Waals surface area contributed by atoms with Gasteiger partial charge in [0.25, 0.3) is 0 Å². The first-order valence-corrected chi connectivity index (χ1v) is 8.07. The predicted octanol–water partition coefficient (Wildman–Crippen LogP) is 5.29. The lowest BCUT2D eigenvalue weighted by Crippen LogP contribution is -2.31. The summed E-state index contributed by atoms with van der Waals surface area (Å²) in [5.74, 6) is 0.216. The molecular weight excluding hydrogens is 234 g/mol. The molecule has 0 fully saturated rings. The number of carbonyl (C=O) groups excluding carboxylic acids is 1. The van der Waals surface area contributed by atoms with Crippen LogP contribution in [0.25, 0.3) is 0 Å². The molecule has 0 aliphatic heterocycles. The summed E-state index contributed by atoms with van der Waals surface area (Å²) in [4.78, 5) is 13.6.